The number of rotatable bonds is 5. The minimum atomic E-state index is -0.714. The Morgan fingerprint density at radius 2 is 1.77 bits per heavy atom. The van der Waals surface area contributed by atoms with E-state index in [1.54, 1.807) is 57.2 Å². The van der Waals surface area contributed by atoms with E-state index in [4.69, 9.17) is 9.15 Å². The SMILES string of the molecule is COC(=O)c1ccc(-c2ccc(/C=C3\SC(=O)N(CC(=O)OC(C)(C)C)C3=O)o2)cc1. The summed E-state index contributed by atoms with van der Waals surface area (Å²) >= 11 is 0.729. The Morgan fingerprint density at radius 3 is 2.39 bits per heavy atom. The van der Waals surface area contributed by atoms with E-state index in [1.807, 2.05) is 0 Å². The fourth-order valence-corrected chi connectivity index (χ4v) is 3.56. The maximum absolute atomic E-state index is 12.6. The van der Waals surface area contributed by atoms with Crippen LogP contribution in [-0.2, 0) is 19.1 Å². The van der Waals surface area contributed by atoms with Crippen molar-refractivity contribution in [2.45, 2.75) is 26.4 Å². The molecule has 9 heteroatoms. The number of hydrogen-bond acceptors (Lipinski definition) is 8. The molecule has 31 heavy (non-hydrogen) atoms. The molecule has 0 radical (unpaired) electrons. The molecule has 1 saturated heterocycles. The van der Waals surface area contributed by atoms with Gasteiger partial charge in [0.05, 0.1) is 17.6 Å². The number of nitrogens with zero attached hydrogens (tertiary/aromatic N) is 1. The predicted octanol–water partition coefficient (Wildman–Crippen LogP) is 4.11. The van der Waals surface area contributed by atoms with Crippen LogP contribution in [0, 0.1) is 0 Å². The Hall–Kier alpha value is -3.33. The summed E-state index contributed by atoms with van der Waals surface area (Å²) in [5.74, 6) is -0.785. The van der Waals surface area contributed by atoms with Crippen LogP contribution < -0.4 is 0 Å². The lowest BCUT2D eigenvalue weighted by Gasteiger charge is -2.21. The lowest BCUT2D eigenvalue weighted by molar-refractivity contribution is -0.156. The van der Waals surface area contributed by atoms with Gasteiger partial charge in [0.15, 0.2) is 0 Å². The molecule has 1 aromatic carbocycles. The van der Waals surface area contributed by atoms with Gasteiger partial charge < -0.3 is 13.9 Å². The van der Waals surface area contributed by atoms with E-state index in [0.717, 1.165) is 22.2 Å². The van der Waals surface area contributed by atoms with Crippen LogP contribution in [0.2, 0.25) is 0 Å². The number of benzene rings is 1. The molecule has 0 unspecified atom stereocenters. The van der Waals surface area contributed by atoms with E-state index in [-0.39, 0.29) is 4.91 Å². The van der Waals surface area contributed by atoms with Gasteiger partial charge >= 0.3 is 11.9 Å². The number of imide groups is 1. The van der Waals surface area contributed by atoms with Gasteiger partial charge in [-0.25, -0.2) is 4.79 Å². The molecular weight excluding hydrogens is 422 g/mol. The number of carbonyl (C=O) groups is 4. The first-order chi connectivity index (χ1) is 14.6. The molecule has 2 aromatic rings. The van der Waals surface area contributed by atoms with Crippen molar-refractivity contribution in [3.05, 3.63) is 52.6 Å². The fraction of sp³-hybridized carbons (Fsp3) is 0.273. The maximum Gasteiger partial charge on any atom is 0.337 e. The monoisotopic (exact) mass is 443 g/mol. The van der Waals surface area contributed by atoms with Gasteiger partial charge in [0.1, 0.15) is 23.7 Å². The molecule has 0 spiro atoms. The number of furan rings is 1. The number of amides is 2. The molecule has 0 atom stereocenters. The lowest BCUT2D eigenvalue weighted by atomic mass is 10.1. The highest BCUT2D eigenvalue weighted by Crippen LogP contribution is 2.33. The van der Waals surface area contributed by atoms with Gasteiger partial charge in [-0.05, 0) is 56.8 Å². The molecular formula is C22H21NO7S. The standard InChI is InChI=1S/C22H21NO7S/c1-22(2,3)30-18(24)12-23-19(25)17(31-21(23)27)11-15-9-10-16(29-15)13-5-7-14(8-6-13)20(26)28-4/h5-11H,12H2,1-4H3/b17-11-. The molecule has 1 fully saturated rings. The zero-order valence-corrected chi connectivity index (χ0v) is 18.3. The normalized spacial score (nSPS) is 15.5. The van der Waals surface area contributed by atoms with Crippen molar-refractivity contribution >= 4 is 40.9 Å². The number of ether oxygens (including phenoxy) is 2. The van der Waals surface area contributed by atoms with Crippen LogP contribution >= 0.6 is 11.8 Å². The van der Waals surface area contributed by atoms with E-state index >= 15 is 0 Å². The van der Waals surface area contributed by atoms with Crippen LogP contribution in [0.25, 0.3) is 17.4 Å². The molecule has 1 aliphatic rings. The highest BCUT2D eigenvalue weighted by atomic mass is 32.2. The summed E-state index contributed by atoms with van der Waals surface area (Å²) in [5.41, 5.74) is 0.427. The van der Waals surface area contributed by atoms with Gasteiger partial charge in [-0.2, -0.15) is 0 Å². The van der Waals surface area contributed by atoms with Crippen LogP contribution in [0.4, 0.5) is 4.79 Å². The fourth-order valence-electron chi connectivity index (χ4n) is 2.74. The Bertz CT molecular complexity index is 1060. The zero-order chi connectivity index (χ0) is 22.8. The summed E-state index contributed by atoms with van der Waals surface area (Å²) in [6.45, 7) is 4.66. The van der Waals surface area contributed by atoms with Crippen molar-refractivity contribution in [3.63, 3.8) is 0 Å². The highest BCUT2D eigenvalue weighted by Gasteiger charge is 2.37. The number of carbonyl (C=O) groups excluding carboxylic acids is 4. The summed E-state index contributed by atoms with van der Waals surface area (Å²) in [5, 5.41) is -0.549. The molecule has 0 N–H and O–H groups in total. The Kier molecular flexibility index (Phi) is 6.35. The number of hydrogen-bond donors (Lipinski definition) is 0. The van der Waals surface area contributed by atoms with Gasteiger partial charge in [0, 0.05) is 11.6 Å². The van der Waals surface area contributed by atoms with Crippen LogP contribution in [0.5, 0.6) is 0 Å². The number of thioether (sulfide) groups is 1. The molecule has 3 rings (SSSR count). The Morgan fingerprint density at radius 1 is 1.10 bits per heavy atom. The van der Waals surface area contributed by atoms with Crippen LogP contribution in [-0.4, -0.2) is 47.2 Å². The summed E-state index contributed by atoms with van der Waals surface area (Å²) < 4.78 is 15.6. The molecule has 162 valence electrons. The highest BCUT2D eigenvalue weighted by molar-refractivity contribution is 8.18. The molecule has 1 aromatic heterocycles. The first kappa shape index (κ1) is 22.4. The van der Waals surface area contributed by atoms with E-state index in [1.165, 1.54) is 13.2 Å². The quantitative estimate of drug-likeness (QED) is 0.502. The third-order valence-electron chi connectivity index (χ3n) is 4.07. The van der Waals surface area contributed by atoms with Crippen molar-refractivity contribution in [2.24, 2.45) is 0 Å². The van der Waals surface area contributed by atoms with Gasteiger partial charge in [-0.15, -0.1) is 0 Å². The van der Waals surface area contributed by atoms with Crippen molar-refractivity contribution < 1.29 is 33.1 Å². The van der Waals surface area contributed by atoms with Gasteiger partial charge in [-0.1, -0.05) is 12.1 Å². The largest absolute Gasteiger partial charge is 0.465 e. The lowest BCUT2D eigenvalue weighted by Crippen LogP contribution is -2.37. The Labute approximate surface area is 183 Å². The van der Waals surface area contributed by atoms with Crippen molar-refractivity contribution in [1.29, 1.82) is 0 Å². The molecule has 2 amide bonds. The van der Waals surface area contributed by atoms with Crippen molar-refractivity contribution in [3.8, 4) is 11.3 Å². The second kappa shape index (κ2) is 8.81. The van der Waals surface area contributed by atoms with E-state index < -0.39 is 35.2 Å². The molecule has 8 nitrogen and oxygen atoms in total. The van der Waals surface area contributed by atoms with E-state index in [0.29, 0.717) is 17.1 Å². The van der Waals surface area contributed by atoms with Gasteiger partial charge in [-0.3, -0.25) is 19.3 Å². The number of methoxy groups -OCH3 is 1. The average molecular weight is 443 g/mol. The average Bonchev–Trinajstić information content (AvgIpc) is 3.26. The summed E-state index contributed by atoms with van der Waals surface area (Å²) in [6, 6.07) is 10.0. The van der Waals surface area contributed by atoms with E-state index in [2.05, 4.69) is 4.74 Å². The third kappa shape index (κ3) is 5.43. The zero-order valence-electron chi connectivity index (χ0n) is 17.5. The molecule has 0 aliphatic carbocycles. The smallest absolute Gasteiger partial charge is 0.337 e. The summed E-state index contributed by atoms with van der Waals surface area (Å²) in [6.07, 6.45) is 1.45. The van der Waals surface area contributed by atoms with Gasteiger partial charge in [0.25, 0.3) is 11.1 Å². The third-order valence-corrected chi connectivity index (χ3v) is 4.98. The van der Waals surface area contributed by atoms with Gasteiger partial charge in [0.2, 0.25) is 0 Å². The van der Waals surface area contributed by atoms with E-state index in [9.17, 15) is 19.2 Å². The second-order valence-electron chi connectivity index (χ2n) is 7.63. The van der Waals surface area contributed by atoms with Crippen molar-refractivity contribution in [2.75, 3.05) is 13.7 Å². The molecule has 1 aliphatic heterocycles. The first-order valence-electron chi connectivity index (χ1n) is 9.33. The Balaban J connectivity index is 1.72. The summed E-state index contributed by atoms with van der Waals surface area (Å²) in [7, 11) is 1.31. The maximum atomic E-state index is 12.6. The molecule has 0 saturated carbocycles. The van der Waals surface area contributed by atoms with Crippen LogP contribution in [0.1, 0.15) is 36.9 Å². The van der Waals surface area contributed by atoms with Crippen LogP contribution in [0.3, 0.4) is 0 Å². The predicted molar refractivity (Wildman–Crippen MR) is 114 cm³/mol. The molecule has 2 heterocycles. The number of esters is 2. The second-order valence-corrected chi connectivity index (χ2v) is 8.62. The molecule has 0 bridgehead atoms. The summed E-state index contributed by atoms with van der Waals surface area (Å²) in [4.78, 5) is 49.2. The topological polar surface area (TPSA) is 103 Å². The van der Waals surface area contributed by atoms with Crippen molar-refractivity contribution in [1.82, 2.24) is 4.90 Å². The minimum absolute atomic E-state index is 0.149. The minimum Gasteiger partial charge on any atom is -0.465 e. The first-order valence-corrected chi connectivity index (χ1v) is 10.1. The van der Waals surface area contributed by atoms with Crippen LogP contribution in [0.15, 0.2) is 45.7 Å².